The van der Waals surface area contributed by atoms with Crippen LogP contribution in [-0.4, -0.2) is 22.4 Å². The molecule has 0 aromatic carbocycles. The van der Waals surface area contributed by atoms with Crippen molar-refractivity contribution in [2.24, 2.45) is 40.4 Å². The van der Waals surface area contributed by atoms with Gasteiger partial charge in [-0.05, 0) is 260 Å². The van der Waals surface area contributed by atoms with Crippen LogP contribution in [0.4, 0.5) is 0 Å². The Kier molecular flexibility index (Phi) is 81.2. The molecular weight excluding hydrogens is 1190 g/mol. The molecule has 2 N–H and O–H groups in total. The SMILES string of the molecule is C=CC(C)(C)CC/C=C(\C)CCC=C(C)C.C=CC(C)(O)CC/C=C(\C)CCC=C(C)C.CC.CC(C)=CCC/C(C)=C/CC/C(C)=C/CO.CC/C=C(\C)CC/C=C(\C)CCC=C(C)C.CCC(C)(C)CCCC(C)CCCC(C)C.CCCC(C)CCCC(C)CCCC(C)C. The maximum absolute atomic E-state index is 9.73. The molecule has 578 valence electrons. The summed E-state index contributed by atoms with van der Waals surface area (Å²) in [6, 6.07) is 0. The molecule has 0 spiro atoms. The summed E-state index contributed by atoms with van der Waals surface area (Å²) in [6.45, 7) is 76.5. The molecule has 0 radical (unpaired) electrons. The van der Waals surface area contributed by atoms with Gasteiger partial charge < -0.3 is 10.2 Å². The van der Waals surface area contributed by atoms with E-state index < -0.39 is 5.60 Å². The van der Waals surface area contributed by atoms with Gasteiger partial charge >= 0.3 is 0 Å². The topological polar surface area (TPSA) is 40.5 Å². The lowest BCUT2D eigenvalue weighted by Gasteiger charge is -2.23. The molecule has 2 heteroatoms. The van der Waals surface area contributed by atoms with Crippen LogP contribution < -0.4 is 0 Å². The third-order valence-electron chi connectivity index (χ3n) is 18.5. The summed E-state index contributed by atoms with van der Waals surface area (Å²) < 4.78 is 0. The van der Waals surface area contributed by atoms with Crippen LogP contribution in [0, 0.1) is 40.4 Å². The second-order valence-electron chi connectivity index (χ2n) is 33.2. The van der Waals surface area contributed by atoms with E-state index in [-0.39, 0.29) is 12.0 Å². The fraction of sp³-hybridized carbons (Fsp3) is 0.750. The zero-order chi connectivity index (χ0) is 77.0. The largest absolute Gasteiger partial charge is 0.392 e. The van der Waals surface area contributed by atoms with Crippen LogP contribution in [0.25, 0.3) is 0 Å². The number of hydrogen-bond donors (Lipinski definition) is 2. The van der Waals surface area contributed by atoms with Gasteiger partial charge in [-0.3, -0.25) is 0 Å². The van der Waals surface area contributed by atoms with Gasteiger partial charge in [-0.15, -0.1) is 13.2 Å². The molecule has 0 heterocycles. The standard InChI is InChI=1S/C16H34.C16H28.C16H34.C16H28.2C15H26O.C2H6/c2*1-7-16(5,6)13-9-12-15(4)11-8-10-14(2)3;2*1-6-9-15(4)12-8-13-16(5)11-7-10-14(2)3;1-13(2)7-5-8-14(3)9-6-10-15(4)11-12-16;1-6-15(5,16)12-8-11-14(4)10-7-9-13(2)3;1-2/h14-15H,7-13H2,1-6H3;7,10,12H,1,8-9,11,13H2,2-6H3;14-16H,6-13H2,1-5H3;9-10,13H,6-8,11-12H2,1-5H3;7,9,11,16H,5-6,8,10,12H2,1-4H3;6,9,11,16H,1,7-8,10,12H2,2-5H3;1-2H3/b;15-12+;;15-9+,16-13+;14-9+,15-11+;14-11+;. The molecule has 0 aliphatic rings. The quantitative estimate of drug-likeness (QED) is 0.0596. The van der Waals surface area contributed by atoms with Crippen molar-refractivity contribution in [3.8, 4) is 0 Å². The van der Waals surface area contributed by atoms with Crippen LogP contribution >= 0.6 is 0 Å². The summed E-state index contributed by atoms with van der Waals surface area (Å²) in [5.41, 5.74) is 14.4. The van der Waals surface area contributed by atoms with Gasteiger partial charge in [0.1, 0.15) is 0 Å². The minimum Gasteiger partial charge on any atom is -0.392 e. The Balaban J connectivity index is -0.000000202. The van der Waals surface area contributed by atoms with Crippen molar-refractivity contribution >= 4 is 0 Å². The first-order valence-electron chi connectivity index (χ1n) is 40.9. The number of allylic oxidation sites excluding steroid dienone is 20. The summed E-state index contributed by atoms with van der Waals surface area (Å²) in [4.78, 5) is 0. The van der Waals surface area contributed by atoms with Crippen LogP contribution in [0.3, 0.4) is 0 Å². The highest BCUT2D eigenvalue weighted by atomic mass is 16.3. The molecule has 0 saturated carbocycles. The summed E-state index contributed by atoms with van der Waals surface area (Å²) in [6.07, 6.45) is 66.6. The Morgan fingerprint density at radius 1 is 0.347 bits per heavy atom. The lowest BCUT2D eigenvalue weighted by Crippen LogP contribution is -2.19. The number of hydrogen-bond acceptors (Lipinski definition) is 2. The Morgan fingerprint density at radius 3 is 0.918 bits per heavy atom. The normalized spacial score (nSPS) is 13.7. The number of aliphatic hydroxyl groups is 2. The van der Waals surface area contributed by atoms with E-state index in [0.717, 1.165) is 87.4 Å². The lowest BCUT2D eigenvalue weighted by molar-refractivity contribution is 0.103. The molecule has 0 aromatic rings. The van der Waals surface area contributed by atoms with Gasteiger partial charge in [0.2, 0.25) is 0 Å². The van der Waals surface area contributed by atoms with Crippen molar-refractivity contribution in [3.05, 3.63) is 142 Å². The summed E-state index contributed by atoms with van der Waals surface area (Å²) in [7, 11) is 0. The average Bonchev–Trinajstić information content (AvgIpc) is 1.47. The first kappa shape index (κ1) is 108. The van der Waals surface area contributed by atoms with Crippen molar-refractivity contribution in [2.75, 3.05) is 6.61 Å². The summed E-state index contributed by atoms with van der Waals surface area (Å²) >= 11 is 0. The second kappa shape index (κ2) is 73.5. The molecule has 0 aromatic heterocycles. The third-order valence-corrected chi connectivity index (χ3v) is 18.5. The Bertz CT molecular complexity index is 2010. The van der Waals surface area contributed by atoms with Crippen molar-refractivity contribution in [1.29, 1.82) is 0 Å². The zero-order valence-corrected chi connectivity index (χ0v) is 73.0. The maximum atomic E-state index is 9.73. The molecule has 0 aliphatic carbocycles. The summed E-state index contributed by atoms with van der Waals surface area (Å²) in [5, 5.41) is 18.4. The number of aliphatic hydroxyl groups excluding tert-OH is 1. The van der Waals surface area contributed by atoms with E-state index in [1.165, 1.54) is 203 Å². The van der Waals surface area contributed by atoms with Crippen LogP contribution in [0.15, 0.2) is 142 Å². The van der Waals surface area contributed by atoms with Gasteiger partial charge in [-0.25, -0.2) is 0 Å². The van der Waals surface area contributed by atoms with E-state index in [1.807, 2.05) is 19.9 Å². The molecule has 2 nitrogen and oxygen atoms in total. The minimum atomic E-state index is -0.726. The van der Waals surface area contributed by atoms with Crippen molar-refractivity contribution in [3.63, 3.8) is 0 Å². The van der Waals surface area contributed by atoms with Gasteiger partial charge in [0.15, 0.2) is 0 Å². The molecule has 98 heavy (non-hydrogen) atoms. The van der Waals surface area contributed by atoms with Crippen LogP contribution in [0.5, 0.6) is 0 Å². The highest BCUT2D eigenvalue weighted by molar-refractivity contribution is 5.08. The Labute approximate surface area is 621 Å². The molecule has 4 atom stereocenters. The fourth-order valence-corrected chi connectivity index (χ4v) is 10.7. The number of rotatable bonds is 47. The third kappa shape index (κ3) is 97.0. The smallest absolute Gasteiger partial charge is 0.0800 e. The van der Waals surface area contributed by atoms with E-state index in [1.54, 1.807) is 13.0 Å². The highest BCUT2D eigenvalue weighted by Gasteiger charge is 2.16. The molecule has 0 fully saturated rings. The molecule has 0 rings (SSSR count). The average molecular weight is 1370 g/mol. The molecule has 0 amide bonds. The summed E-state index contributed by atoms with van der Waals surface area (Å²) in [5.74, 6) is 4.61. The molecule has 0 aliphatic heterocycles. The zero-order valence-electron chi connectivity index (χ0n) is 73.0. The molecule has 0 bridgehead atoms. The Morgan fingerprint density at radius 2 is 0.633 bits per heavy atom. The lowest BCUT2D eigenvalue weighted by atomic mass is 9.83. The van der Waals surface area contributed by atoms with E-state index in [4.69, 9.17) is 5.11 Å². The van der Waals surface area contributed by atoms with Crippen molar-refractivity contribution < 1.29 is 10.2 Å². The van der Waals surface area contributed by atoms with Crippen molar-refractivity contribution in [1.82, 2.24) is 0 Å². The monoisotopic (exact) mass is 1370 g/mol. The van der Waals surface area contributed by atoms with Gasteiger partial charge in [0, 0.05) is 0 Å². The Hall–Kier alpha value is -3.20. The van der Waals surface area contributed by atoms with Crippen molar-refractivity contribution in [2.45, 2.75) is 426 Å². The molecule has 4 unspecified atom stereocenters. The van der Waals surface area contributed by atoms with Gasteiger partial charge in [0.25, 0.3) is 0 Å². The minimum absolute atomic E-state index is 0.162. The highest BCUT2D eigenvalue weighted by Crippen LogP contribution is 2.29. The van der Waals surface area contributed by atoms with E-state index in [9.17, 15) is 5.11 Å². The van der Waals surface area contributed by atoms with E-state index >= 15 is 0 Å². The van der Waals surface area contributed by atoms with Crippen LogP contribution in [-0.2, 0) is 0 Å². The van der Waals surface area contributed by atoms with E-state index in [0.29, 0.717) is 5.41 Å². The first-order chi connectivity index (χ1) is 45.8. The second-order valence-corrected chi connectivity index (χ2v) is 33.2. The fourth-order valence-electron chi connectivity index (χ4n) is 10.7. The predicted octanol–water partition coefficient (Wildman–Crippen LogP) is 33.4. The van der Waals surface area contributed by atoms with Crippen LogP contribution in [0.1, 0.15) is 420 Å². The van der Waals surface area contributed by atoms with Gasteiger partial charge in [-0.1, -0.05) is 329 Å². The van der Waals surface area contributed by atoms with Crippen LogP contribution in [0.2, 0.25) is 0 Å². The molecule has 0 saturated heterocycles. The van der Waals surface area contributed by atoms with E-state index in [2.05, 4.69) is 268 Å². The van der Waals surface area contributed by atoms with Gasteiger partial charge in [0.05, 0.1) is 12.2 Å². The predicted molar refractivity (Wildman–Crippen MR) is 459 cm³/mol. The van der Waals surface area contributed by atoms with Gasteiger partial charge in [-0.2, -0.15) is 0 Å². The molecular formula is C96H182O2. The first-order valence-corrected chi connectivity index (χ1v) is 40.9. The maximum Gasteiger partial charge on any atom is 0.0800 e.